The van der Waals surface area contributed by atoms with Crippen molar-refractivity contribution in [3.8, 4) is 0 Å². The van der Waals surface area contributed by atoms with E-state index in [2.05, 4.69) is 19.9 Å². The molecule has 2 rings (SSSR count). The summed E-state index contributed by atoms with van der Waals surface area (Å²) in [4.78, 5) is 0. The maximum atomic E-state index is 2.56. The van der Waals surface area contributed by atoms with Gasteiger partial charge in [0.2, 0.25) is 0 Å². The van der Waals surface area contributed by atoms with Gasteiger partial charge in [0.1, 0.15) is 0 Å². The molecule has 0 aliphatic heterocycles. The standard InChI is InChI=1S/C11H18/c1-8(2)5-11-7-9-3-4-10(11)6-9/h7-10H,3-6H2,1-2H3. The summed E-state index contributed by atoms with van der Waals surface area (Å²) in [5, 5.41) is 0. The minimum atomic E-state index is 0.862. The molecule has 11 heavy (non-hydrogen) atoms. The van der Waals surface area contributed by atoms with Crippen LogP contribution >= 0.6 is 0 Å². The molecule has 62 valence electrons. The highest BCUT2D eigenvalue weighted by Gasteiger charge is 2.32. The SMILES string of the molecule is CC(C)CC1=CC2CCC1C2. The number of allylic oxidation sites excluding steroid dienone is 2. The fraction of sp³-hybridized carbons (Fsp3) is 0.818. The van der Waals surface area contributed by atoms with Crippen LogP contribution in [0.4, 0.5) is 0 Å². The number of fused-ring (bicyclic) bond motifs is 2. The third-order valence-electron chi connectivity index (χ3n) is 3.09. The molecule has 0 amide bonds. The molecule has 0 spiro atoms. The number of hydrogen-bond acceptors (Lipinski definition) is 0. The molecule has 0 nitrogen and oxygen atoms in total. The van der Waals surface area contributed by atoms with Gasteiger partial charge in [-0.15, -0.1) is 0 Å². The van der Waals surface area contributed by atoms with Crippen molar-refractivity contribution < 1.29 is 0 Å². The summed E-state index contributed by atoms with van der Waals surface area (Å²) < 4.78 is 0. The Kier molecular flexibility index (Phi) is 1.78. The summed E-state index contributed by atoms with van der Waals surface area (Å²) >= 11 is 0. The molecule has 2 aliphatic carbocycles. The Morgan fingerprint density at radius 1 is 1.45 bits per heavy atom. The highest BCUT2D eigenvalue weighted by atomic mass is 14.4. The van der Waals surface area contributed by atoms with Gasteiger partial charge in [0.25, 0.3) is 0 Å². The molecule has 0 aromatic carbocycles. The van der Waals surface area contributed by atoms with Crippen molar-refractivity contribution in [2.75, 3.05) is 0 Å². The molecule has 0 heterocycles. The van der Waals surface area contributed by atoms with Crippen LogP contribution in [-0.4, -0.2) is 0 Å². The van der Waals surface area contributed by atoms with E-state index in [4.69, 9.17) is 0 Å². The van der Waals surface area contributed by atoms with Crippen LogP contribution in [0.15, 0.2) is 11.6 Å². The lowest BCUT2D eigenvalue weighted by atomic mass is 9.91. The van der Waals surface area contributed by atoms with E-state index in [1.165, 1.54) is 25.7 Å². The molecular formula is C11H18. The molecular weight excluding hydrogens is 132 g/mol. The first-order chi connectivity index (χ1) is 5.25. The van der Waals surface area contributed by atoms with E-state index in [-0.39, 0.29) is 0 Å². The van der Waals surface area contributed by atoms with E-state index in [0.717, 1.165) is 17.8 Å². The molecule has 0 saturated heterocycles. The van der Waals surface area contributed by atoms with E-state index in [0.29, 0.717) is 0 Å². The molecule has 0 aromatic rings. The highest BCUT2D eigenvalue weighted by molar-refractivity contribution is 5.19. The van der Waals surface area contributed by atoms with Crippen LogP contribution in [0.2, 0.25) is 0 Å². The minimum absolute atomic E-state index is 0.862. The molecule has 0 radical (unpaired) electrons. The average Bonchev–Trinajstić information content (AvgIpc) is 2.45. The fourth-order valence-corrected chi connectivity index (χ4v) is 2.65. The first-order valence-electron chi connectivity index (χ1n) is 4.96. The fourth-order valence-electron chi connectivity index (χ4n) is 2.65. The number of rotatable bonds is 2. The second kappa shape index (κ2) is 2.66. The Morgan fingerprint density at radius 3 is 2.73 bits per heavy atom. The molecule has 0 heteroatoms. The van der Waals surface area contributed by atoms with Gasteiger partial charge in [0, 0.05) is 0 Å². The summed E-state index contributed by atoms with van der Waals surface area (Å²) in [6.07, 6.45) is 8.38. The van der Waals surface area contributed by atoms with E-state index >= 15 is 0 Å². The Balaban J connectivity index is 2.00. The molecule has 0 N–H and O–H groups in total. The van der Waals surface area contributed by atoms with Crippen molar-refractivity contribution >= 4 is 0 Å². The second-order valence-electron chi connectivity index (χ2n) is 4.61. The van der Waals surface area contributed by atoms with Crippen molar-refractivity contribution in [3.05, 3.63) is 11.6 Å². The van der Waals surface area contributed by atoms with Crippen LogP contribution < -0.4 is 0 Å². The summed E-state index contributed by atoms with van der Waals surface area (Å²) in [5.41, 5.74) is 1.79. The first kappa shape index (κ1) is 7.39. The van der Waals surface area contributed by atoms with Crippen LogP contribution in [0.1, 0.15) is 39.5 Å². The van der Waals surface area contributed by atoms with Gasteiger partial charge in [-0.05, 0) is 43.4 Å². The summed E-state index contributed by atoms with van der Waals surface area (Å²) in [5.74, 6) is 2.84. The molecule has 0 aromatic heterocycles. The van der Waals surface area contributed by atoms with E-state index < -0.39 is 0 Å². The van der Waals surface area contributed by atoms with Gasteiger partial charge in [0.05, 0.1) is 0 Å². The lowest BCUT2D eigenvalue weighted by Gasteiger charge is -2.14. The van der Waals surface area contributed by atoms with E-state index in [1.807, 2.05) is 0 Å². The van der Waals surface area contributed by atoms with Gasteiger partial charge in [-0.1, -0.05) is 25.5 Å². The third-order valence-corrected chi connectivity index (χ3v) is 3.09. The summed E-state index contributed by atoms with van der Waals surface area (Å²) in [6, 6.07) is 0. The first-order valence-corrected chi connectivity index (χ1v) is 4.96. The van der Waals surface area contributed by atoms with Crippen LogP contribution in [0.25, 0.3) is 0 Å². The molecule has 2 unspecified atom stereocenters. The second-order valence-corrected chi connectivity index (χ2v) is 4.61. The average molecular weight is 150 g/mol. The monoisotopic (exact) mass is 150 g/mol. The summed E-state index contributed by atoms with van der Waals surface area (Å²) in [6.45, 7) is 4.65. The van der Waals surface area contributed by atoms with E-state index in [1.54, 1.807) is 5.57 Å². The van der Waals surface area contributed by atoms with E-state index in [9.17, 15) is 0 Å². The van der Waals surface area contributed by atoms with Crippen molar-refractivity contribution in [3.63, 3.8) is 0 Å². The Bertz CT molecular complexity index is 176. The maximum Gasteiger partial charge on any atom is -0.0197 e. The Morgan fingerprint density at radius 2 is 2.27 bits per heavy atom. The van der Waals surface area contributed by atoms with Crippen LogP contribution in [0, 0.1) is 17.8 Å². The van der Waals surface area contributed by atoms with Gasteiger partial charge >= 0.3 is 0 Å². The zero-order valence-corrected chi connectivity index (χ0v) is 7.64. The van der Waals surface area contributed by atoms with Gasteiger partial charge in [-0.3, -0.25) is 0 Å². The topological polar surface area (TPSA) is 0 Å². The molecule has 2 bridgehead atoms. The molecule has 1 fully saturated rings. The molecule has 2 atom stereocenters. The summed E-state index contributed by atoms with van der Waals surface area (Å²) in [7, 11) is 0. The molecule has 2 aliphatic rings. The normalized spacial score (nSPS) is 35.0. The quantitative estimate of drug-likeness (QED) is 0.529. The van der Waals surface area contributed by atoms with Crippen LogP contribution in [-0.2, 0) is 0 Å². The maximum absolute atomic E-state index is 2.56. The highest BCUT2D eigenvalue weighted by Crippen LogP contribution is 2.45. The Labute approximate surface area is 69.7 Å². The minimum Gasteiger partial charge on any atom is -0.0819 e. The lowest BCUT2D eigenvalue weighted by Crippen LogP contribution is -2.00. The zero-order valence-electron chi connectivity index (χ0n) is 7.64. The molecule has 1 saturated carbocycles. The van der Waals surface area contributed by atoms with Crippen molar-refractivity contribution in [2.45, 2.75) is 39.5 Å². The van der Waals surface area contributed by atoms with Gasteiger partial charge in [-0.2, -0.15) is 0 Å². The van der Waals surface area contributed by atoms with Gasteiger partial charge < -0.3 is 0 Å². The predicted molar refractivity (Wildman–Crippen MR) is 48.4 cm³/mol. The lowest BCUT2D eigenvalue weighted by molar-refractivity contribution is 0.556. The largest absolute Gasteiger partial charge is 0.0819 e. The van der Waals surface area contributed by atoms with Crippen molar-refractivity contribution in [1.82, 2.24) is 0 Å². The Hall–Kier alpha value is -0.260. The van der Waals surface area contributed by atoms with Crippen molar-refractivity contribution in [2.24, 2.45) is 17.8 Å². The van der Waals surface area contributed by atoms with Crippen LogP contribution in [0.3, 0.4) is 0 Å². The van der Waals surface area contributed by atoms with Gasteiger partial charge in [-0.25, -0.2) is 0 Å². The predicted octanol–water partition coefficient (Wildman–Crippen LogP) is 3.39. The van der Waals surface area contributed by atoms with Gasteiger partial charge in [0.15, 0.2) is 0 Å². The van der Waals surface area contributed by atoms with Crippen LogP contribution in [0.5, 0.6) is 0 Å². The van der Waals surface area contributed by atoms with Crippen molar-refractivity contribution in [1.29, 1.82) is 0 Å². The number of hydrogen-bond donors (Lipinski definition) is 0. The third kappa shape index (κ3) is 1.36. The smallest absolute Gasteiger partial charge is 0.0197 e. The zero-order chi connectivity index (χ0) is 7.84.